The lowest BCUT2D eigenvalue weighted by molar-refractivity contribution is 0.372. The van der Waals surface area contributed by atoms with E-state index in [-0.39, 0.29) is 0 Å². The molecule has 1 saturated carbocycles. The van der Waals surface area contributed by atoms with Crippen molar-refractivity contribution in [3.63, 3.8) is 0 Å². The van der Waals surface area contributed by atoms with Gasteiger partial charge in [-0.15, -0.1) is 0 Å². The van der Waals surface area contributed by atoms with Crippen LogP contribution in [0.2, 0.25) is 0 Å². The fourth-order valence-corrected chi connectivity index (χ4v) is 2.75. The molecule has 0 bridgehead atoms. The molecule has 3 heterocycles. The molecule has 8 heteroatoms. The first-order valence-corrected chi connectivity index (χ1v) is 7.19. The summed E-state index contributed by atoms with van der Waals surface area (Å²) in [5, 5.41) is 8.08. The third kappa shape index (κ3) is 2.17. The van der Waals surface area contributed by atoms with Crippen LogP contribution < -0.4 is 5.73 Å². The first kappa shape index (κ1) is 13.1. The fourth-order valence-electron chi connectivity index (χ4n) is 2.75. The molecule has 0 amide bonds. The molecule has 3 aromatic rings. The maximum atomic E-state index is 6.34. The SMILES string of the molecule is NC1(c2noc(-c3ccc(-n4cncn4)nc3)n2)CCCC1. The van der Waals surface area contributed by atoms with Crippen molar-refractivity contribution in [1.82, 2.24) is 29.9 Å². The highest BCUT2D eigenvalue weighted by Crippen LogP contribution is 2.35. The molecule has 0 saturated heterocycles. The van der Waals surface area contributed by atoms with Gasteiger partial charge in [0.2, 0.25) is 0 Å². The van der Waals surface area contributed by atoms with Gasteiger partial charge in [0.05, 0.1) is 11.1 Å². The Labute approximate surface area is 126 Å². The van der Waals surface area contributed by atoms with Gasteiger partial charge in [0, 0.05) is 6.20 Å². The Morgan fingerprint density at radius 2 is 2.09 bits per heavy atom. The van der Waals surface area contributed by atoms with Crippen molar-refractivity contribution >= 4 is 0 Å². The van der Waals surface area contributed by atoms with Crippen LogP contribution in [0.4, 0.5) is 0 Å². The van der Waals surface area contributed by atoms with Crippen LogP contribution in [-0.2, 0) is 5.54 Å². The Hall–Kier alpha value is -2.61. The lowest BCUT2D eigenvalue weighted by Crippen LogP contribution is -2.34. The second kappa shape index (κ2) is 4.99. The minimum Gasteiger partial charge on any atom is -0.334 e. The molecular formula is C14H15N7O. The molecule has 0 aliphatic heterocycles. The van der Waals surface area contributed by atoms with Crippen LogP contribution in [0.25, 0.3) is 17.3 Å². The Balaban J connectivity index is 1.61. The van der Waals surface area contributed by atoms with E-state index >= 15 is 0 Å². The van der Waals surface area contributed by atoms with Crippen molar-refractivity contribution in [1.29, 1.82) is 0 Å². The van der Waals surface area contributed by atoms with E-state index in [1.165, 1.54) is 6.33 Å². The monoisotopic (exact) mass is 297 g/mol. The smallest absolute Gasteiger partial charge is 0.259 e. The van der Waals surface area contributed by atoms with Gasteiger partial charge in [-0.1, -0.05) is 18.0 Å². The Morgan fingerprint density at radius 3 is 2.77 bits per heavy atom. The molecule has 4 rings (SSSR count). The molecular weight excluding hydrogens is 282 g/mol. The number of nitrogens with two attached hydrogens (primary N) is 1. The van der Waals surface area contributed by atoms with Crippen LogP contribution in [0.1, 0.15) is 31.5 Å². The summed E-state index contributed by atoms with van der Waals surface area (Å²) < 4.78 is 6.92. The van der Waals surface area contributed by atoms with E-state index < -0.39 is 5.54 Å². The second-order valence-corrected chi connectivity index (χ2v) is 5.53. The van der Waals surface area contributed by atoms with Gasteiger partial charge >= 0.3 is 0 Å². The molecule has 0 radical (unpaired) electrons. The van der Waals surface area contributed by atoms with Crippen LogP contribution in [0.5, 0.6) is 0 Å². The molecule has 1 aliphatic carbocycles. The summed E-state index contributed by atoms with van der Waals surface area (Å²) in [6, 6.07) is 3.68. The predicted molar refractivity (Wildman–Crippen MR) is 76.8 cm³/mol. The molecule has 8 nitrogen and oxygen atoms in total. The van der Waals surface area contributed by atoms with Gasteiger partial charge < -0.3 is 10.3 Å². The van der Waals surface area contributed by atoms with Crippen LogP contribution in [0.3, 0.4) is 0 Å². The highest BCUT2D eigenvalue weighted by atomic mass is 16.5. The van der Waals surface area contributed by atoms with Crippen molar-refractivity contribution in [3.8, 4) is 17.3 Å². The largest absolute Gasteiger partial charge is 0.334 e. The van der Waals surface area contributed by atoms with Gasteiger partial charge in [-0.25, -0.2) is 14.6 Å². The third-order valence-electron chi connectivity index (χ3n) is 4.02. The summed E-state index contributed by atoms with van der Waals surface area (Å²) in [4.78, 5) is 12.7. The van der Waals surface area contributed by atoms with Crippen LogP contribution in [0.15, 0.2) is 35.5 Å². The fraction of sp³-hybridized carbons (Fsp3) is 0.357. The number of aromatic nitrogens is 6. The molecule has 0 unspecified atom stereocenters. The van der Waals surface area contributed by atoms with Gasteiger partial charge in [0.1, 0.15) is 12.7 Å². The first-order valence-electron chi connectivity index (χ1n) is 7.19. The average molecular weight is 297 g/mol. The third-order valence-corrected chi connectivity index (χ3v) is 4.02. The summed E-state index contributed by atoms with van der Waals surface area (Å²) in [7, 11) is 0. The molecule has 112 valence electrons. The van der Waals surface area contributed by atoms with Gasteiger partial charge in [-0.05, 0) is 25.0 Å². The van der Waals surface area contributed by atoms with Gasteiger partial charge in [0.15, 0.2) is 11.6 Å². The maximum absolute atomic E-state index is 6.34. The first-order chi connectivity index (χ1) is 10.7. The van der Waals surface area contributed by atoms with Crippen molar-refractivity contribution < 1.29 is 4.52 Å². The van der Waals surface area contributed by atoms with Crippen LogP contribution >= 0.6 is 0 Å². The Kier molecular flexibility index (Phi) is 2.97. The predicted octanol–water partition coefficient (Wildman–Crippen LogP) is 1.44. The van der Waals surface area contributed by atoms with E-state index in [2.05, 4.69) is 25.2 Å². The van der Waals surface area contributed by atoms with Crippen LogP contribution in [0, 0.1) is 0 Å². The zero-order valence-corrected chi connectivity index (χ0v) is 11.9. The summed E-state index contributed by atoms with van der Waals surface area (Å²) in [5.41, 5.74) is 6.65. The molecule has 1 fully saturated rings. The summed E-state index contributed by atoms with van der Waals surface area (Å²) in [5.74, 6) is 1.69. The van der Waals surface area contributed by atoms with E-state index in [9.17, 15) is 0 Å². The van der Waals surface area contributed by atoms with E-state index in [1.807, 2.05) is 12.1 Å². The number of pyridine rings is 1. The van der Waals surface area contributed by atoms with E-state index in [1.54, 1.807) is 17.2 Å². The van der Waals surface area contributed by atoms with Crippen molar-refractivity contribution in [2.24, 2.45) is 5.73 Å². The number of nitrogens with zero attached hydrogens (tertiary/aromatic N) is 6. The zero-order valence-electron chi connectivity index (χ0n) is 11.9. The van der Waals surface area contributed by atoms with Crippen LogP contribution in [-0.4, -0.2) is 29.9 Å². The number of rotatable bonds is 3. The molecule has 0 spiro atoms. The second-order valence-electron chi connectivity index (χ2n) is 5.53. The summed E-state index contributed by atoms with van der Waals surface area (Å²) >= 11 is 0. The molecule has 22 heavy (non-hydrogen) atoms. The molecule has 2 N–H and O–H groups in total. The summed E-state index contributed by atoms with van der Waals surface area (Å²) in [6.07, 6.45) is 8.73. The normalized spacial score (nSPS) is 17.0. The van der Waals surface area contributed by atoms with Crippen molar-refractivity contribution in [2.45, 2.75) is 31.2 Å². The topological polar surface area (TPSA) is 109 Å². The number of hydrogen-bond donors (Lipinski definition) is 1. The summed E-state index contributed by atoms with van der Waals surface area (Å²) in [6.45, 7) is 0. The minimum absolute atomic E-state index is 0.435. The number of hydrogen-bond acceptors (Lipinski definition) is 7. The zero-order chi connectivity index (χ0) is 15.0. The van der Waals surface area contributed by atoms with E-state index in [4.69, 9.17) is 10.3 Å². The standard InChI is InChI=1S/C14H15N7O/c15-14(5-1-2-6-14)13-19-12(22-20-13)10-3-4-11(17-7-10)21-9-16-8-18-21/h3-4,7-9H,1-2,5-6,15H2. The highest BCUT2D eigenvalue weighted by molar-refractivity contribution is 5.52. The van der Waals surface area contributed by atoms with E-state index in [0.717, 1.165) is 31.2 Å². The van der Waals surface area contributed by atoms with Crippen molar-refractivity contribution in [2.75, 3.05) is 0 Å². The highest BCUT2D eigenvalue weighted by Gasteiger charge is 2.36. The Morgan fingerprint density at radius 1 is 1.23 bits per heavy atom. The average Bonchev–Trinajstić information content (AvgIpc) is 3.29. The van der Waals surface area contributed by atoms with E-state index in [0.29, 0.717) is 17.5 Å². The lowest BCUT2D eigenvalue weighted by atomic mass is 9.99. The minimum atomic E-state index is -0.449. The molecule has 1 aliphatic rings. The Bertz CT molecular complexity index is 757. The van der Waals surface area contributed by atoms with Gasteiger partial charge in [-0.3, -0.25) is 0 Å². The van der Waals surface area contributed by atoms with Gasteiger partial charge in [-0.2, -0.15) is 10.1 Å². The maximum Gasteiger partial charge on any atom is 0.259 e. The van der Waals surface area contributed by atoms with Gasteiger partial charge in [0.25, 0.3) is 5.89 Å². The molecule has 3 aromatic heterocycles. The molecule has 0 atom stereocenters. The quantitative estimate of drug-likeness (QED) is 0.779. The van der Waals surface area contributed by atoms with Crippen molar-refractivity contribution in [3.05, 3.63) is 36.8 Å². The molecule has 0 aromatic carbocycles. The lowest BCUT2D eigenvalue weighted by Gasteiger charge is -2.17.